The van der Waals surface area contributed by atoms with Crippen molar-refractivity contribution in [1.29, 1.82) is 0 Å². The van der Waals surface area contributed by atoms with Gasteiger partial charge in [0.15, 0.2) is 12.3 Å². The Hall–Kier alpha value is -3.45. The second kappa shape index (κ2) is 7.43. The minimum Gasteiger partial charge on any atom is -0.482 e. The number of anilines is 1. The Balaban J connectivity index is 1.45. The van der Waals surface area contributed by atoms with Gasteiger partial charge < -0.3 is 10.1 Å². The lowest BCUT2D eigenvalue weighted by molar-refractivity contribution is -0.118. The van der Waals surface area contributed by atoms with Crippen LogP contribution in [0.15, 0.2) is 67.0 Å². The summed E-state index contributed by atoms with van der Waals surface area (Å²) in [6.07, 6.45) is 1.54. The number of aromatic nitrogens is 4. The van der Waals surface area contributed by atoms with E-state index in [4.69, 9.17) is 16.3 Å². The summed E-state index contributed by atoms with van der Waals surface area (Å²) in [5, 5.41) is 15.5. The molecule has 1 N–H and O–H groups in total. The second-order valence-electron chi connectivity index (χ2n) is 5.70. The van der Waals surface area contributed by atoms with Crippen LogP contribution in [0.1, 0.15) is 0 Å². The van der Waals surface area contributed by atoms with Crippen LogP contribution in [-0.4, -0.2) is 32.3 Å². The van der Waals surface area contributed by atoms with E-state index in [0.717, 1.165) is 11.3 Å². The van der Waals surface area contributed by atoms with Crippen LogP contribution in [-0.2, 0) is 4.79 Å². The minimum atomic E-state index is -0.283. The van der Waals surface area contributed by atoms with Crippen LogP contribution >= 0.6 is 11.6 Å². The van der Waals surface area contributed by atoms with E-state index in [2.05, 4.69) is 20.6 Å². The molecule has 0 saturated carbocycles. The first-order valence-electron chi connectivity index (χ1n) is 8.14. The third kappa shape index (κ3) is 3.88. The molecular weight excluding hydrogens is 366 g/mol. The topological polar surface area (TPSA) is 81.4 Å². The van der Waals surface area contributed by atoms with Crippen molar-refractivity contribution in [1.82, 2.24) is 19.8 Å². The van der Waals surface area contributed by atoms with Crippen LogP contribution in [0.2, 0.25) is 5.02 Å². The van der Waals surface area contributed by atoms with Crippen molar-refractivity contribution in [3.05, 3.63) is 72.0 Å². The number of carbonyl (C=O) groups excluding carboxylic acids is 1. The minimum absolute atomic E-state index is 0.140. The van der Waals surface area contributed by atoms with Gasteiger partial charge in [0.1, 0.15) is 12.1 Å². The van der Waals surface area contributed by atoms with Crippen molar-refractivity contribution in [2.75, 3.05) is 11.9 Å². The first-order valence-corrected chi connectivity index (χ1v) is 8.51. The van der Waals surface area contributed by atoms with Gasteiger partial charge in [0.2, 0.25) is 0 Å². The predicted molar refractivity (Wildman–Crippen MR) is 102 cm³/mol. The Morgan fingerprint density at radius 2 is 2.00 bits per heavy atom. The zero-order valence-corrected chi connectivity index (χ0v) is 14.8. The highest BCUT2D eigenvalue weighted by Gasteiger charge is 2.08. The summed E-state index contributed by atoms with van der Waals surface area (Å²) in [6, 6.07) is 18.1. The van der Waals surface area contributed by atoms with Gasteiger partial charge in [-0.3, -0.25) is 4.79 Å². The van der Waals surface area contributed by atoms with Crippen LogP contribution in [0, 0.1) is 0 Å². The molecule has 0 atom stereocenters. The summed E-state index contributed by atoms with van der Waals surface area (Å²) in [5.41, 5.74) is 2.91. The van der Waals surface area contributed by atoms with Crippen molar-refractivity contribution < 1.29 is 9.53 Å². The molecule has 0 aliphatic rings. The quantitative estimate of drug-likeness (QED) is 0.574. The fourth-order valence-electron chi connectivity index (χ4n) is 2.54. The van der Waals surface area contributed by atoms with Crippen LogP contribution < -0.4 is 10.1 Å². The van der Waals surface area contributed by atoms with Gasteiger partial charge in [0.25, 0.3) is 5.91 Å². The molecule has 0 aliphatic carbocycles. The average molecular weight is 380 g/mol. The molecule has 0 unspecified atom stereocenters. The molecule has 1 amide bonds. The highest BCUT2D eigenvalue weighted by molar-refractivity contribution is 6.32. The average Bonchev–Trinajstić information content (AvgIpc) is 3.15. The monoisotopic (exact) mass is 379 g/mol. The Kier molecular flexibility index (Phi) is 4.67. The van der Waals surface area contributed by atoms with Gasteiger partial charge in [0.05, 0.1) is 10.7 Å². The summed E-state index contributed by atoms with van der Waals surface area (Å²) in [4.78, 5) is 12.2. The lowest BCUT2D eigenvalue weighted by atomic mass is 10.1. The Bertz CT molecular complexity index is 1110. The zero-order valence-electron chi connectivity index (χ0n) is 14.0. The Morgan fingerprint density at radius 1 is 1.11 bits per heavy atom. The molecule has 7 nitrogen and oxygen atoms in total. The van der Waals surface area contributed by atoms with Crippen molar-refractivity contribution in [3.8, 4) is 17.0 Å². The van der Waals surface area contributed by atoms with Gasteiger partial charge in [0, 0.05) is 11.3 Å². The third-order valence-corrected chi connectivity index (χ3v) is 4.11. The van der Waals surface area contributed by atoms with Crippen LogP contribution in [0.25, 0.3) is 16.9 Å². The van der Waals surface area contributed by atoms with E-state index >= 15 is 0 Å². The van der Waals surface area contributed by atoms with Crippen molar-refractivity contribution in [2.24, 2.45) is 0 Å². The van der Waals surface area contributed by atoms with E-state index in [1.54, 1.807) is 34.8 Å². The number of nitrogens with one attached hydrogen (secondary N) is 1. The van der Waals surface area contributed by atoms with E-state index in [0.29, 0.717) is 22.1 Å². The molecule has 4 aromatic rings. The van der Waals surface area contributed by atoms with Gasteiger partial charge in [-0.1, -0.05) is 35.9 Å². The van der Waals surface area contributed by atoms with Gasteiger partial charge >= 0.3 is 0 Å². The first kappa shape index (κ1) is 17.0. The number of rotatable bonds is 5. The summed E-state index contributed by atoms with van der Waals surface area (Å²) in [5.74, 6) is 0.184. The third-order valence-electron chi connectivity index (χ3n) is 3.80. The van der Waals surface area contributed by atoms with Gasteiger partial charge in [-0.05, 0) is 36.4 Å². The Morgan fingerprint density at radius 3 is 2.89 bits per heavy atom. The highest BCUT2D eigenvalue weighted by Crippen LogP contribution is 2.23. The number of amides is 1. The molecule has 0 spiro atoms. The largest absolute Gasteiger partial charge is 0.482 e. The van der Waals surface area contributed by atoms with Crippen LogP contribution in [0.5, 0.6) is 5.75 Å². The molecule has 2 aromatic heterocycles. The van der Waals surface area contributed by atoms with Gasteiger partial charge in [-0.15, -0.1) is 10.2 Å². The maximum Gasteiger partial charge on any atom is 0.262 e. The predicted octanol–water partition coefficient (Wildman–Crippen LogP) is 3.46. The second-order valence-corrected chi connectivity index (χ2v) is 6.11. The van der Waals surface area contributed by atoms with Gasteiger partial charge in [-0.25, -0.2) is 0 Å². The number of halogens is 1. The first-order chi connectivity index (χ1) is 13.2. The summed E-state index contributed by atoms with van der Waals surface area (Å²) >= 11 is 6.02. The lowest BCUT2D eigenvalue weighted by Gasteiger charge is -2.09. The maximum atomic E-state index is 12.2. The fourth-order valence-corrected chi connectivity index (χ4v) is 2.73. The number of fused-ring (bicyclic) bond motifs is 1. The van der Waals surface area contributed by atoms with Gasteiger partial charge in [-0.2, -0.15) is 9.61 Å². The number of hydrogen-bond donors (Lipinski definition) is 1. The van der Waals surface area contributed by atoms with E-state index in [9.17, 15) is 4.79 Å². The number of benzene rings is 2. The van der Waals surface area contributed by atoms with Crippen molar-refractivity contribution in [3.63, 3.8) is 0 Å². The molecule has 0 fully saturated rings. The number of hydrogen-bond acceptors (Lipinski definition) is 5. The molecule has 134 valence electrons. The summed E-state index contributed by atoms with van der Waals surface area (Å²) in [6.45, 7) is -0.140. The van der Waals surface area contributed by atoms with Crippen LogP contribution in [0.4, 0.5) is 5.69 Å². The maximum absolute atomic E-state index is 12.2. The standard InChI is InChI=1S/C19H14ClN5O2/c20-15-6-1-2-7-17(15)27-11-19(26)22-14-5-3-4-13(10-14)16-8-9-18-23-21-12-25(18)24-16/h1-10,12H,11H2,(H,22,26). The van der Waals surface area contributed by atoms with Crippen molar-refractivity contribution in [2.45, 2.75) is 0 Å². The smallest absolute Gasteiger partial charge is 0.262 e. The summed E-state index contributed by atoms with van der Waals surface area (Å²) in [7, 11) is 0. The normalized spacial score (nSPS) is 10.7. The molecule has 0 radical (unpaired) electrons. The van der Waals surface area contributed by atoms with Crippen LogP contribution in [0.3, 0.4) is 0 Å². The number of ether oxygens (including phenoxy) is 1. The molecule has 2 heterocycles. The van der Waals surface area contributed by atoms with E-state index in [-0.39, 0.29) is 12.5 Å². The summed E-state index contributed by atoms with van der Waals surface area (Å²) < 4.78 is 7.05. The molecule has 4 rings (SSSR count). The molecule has 2 aromatic carbocycles. The van der Waals surface area contributed by atoms with E-state index < -0.39 is 0 Å². The molecule has 0 bridgehead atoms. The number of nitrogens with zero attached hydrogens (tertiary/aromatic N) is 4. The molecule has 8 heteroatoms. The molecule has 0 aliphatic heterocycles. The highest BCUT2D eigenvalue weighted by atomic mass is 35.5. The number of carbonyl (C=O) groups is 1. The lowest BCUT2D eigenvalue weighted by Crippen LogP contribution is -2.20. The van der Waals surface area contributed by atoms with Crippen molar-refractivity contribution >= 4 is 28.8 Å². The Labute approximate surface area is 159 Å². The molecular formula is C19H14ClN5O2. The van der Waals surface area contributed by atoms with E-state index in [1.165, 1.54) is 6.33 Å². The molecule has 27 heavy (non-hydrogen) atoms. The zero-order chi connectivity index (χ0) is 18.6. The van der Waals surface area contributed by atoms with E-state index in [1.807, 2.05) is 30.3 Å². The SMILES string of the molecule is O=C(COc1ccccc1Cl)Nc1cccc(-c2ccc3nncn3n2)c1. The number of para-hydroxylation sites is 1. The fraction of sp³-hybridized carbons (Fsp3) is 0.0526. The molecule has 0 saturated heterocycles.